The van der Waals surface area contributed by atoms with Crippen molar-refractivity contribution in [3.05, 3.63) is 76.1 Å². The van der Waals surface area contributed by atoms with E-state index in [4.69, 9.17) is 4.74 Å². The molecule has 0 spiro atoms. The Kier molecular flexibility index (Phi) is 6.87. The number of nitrogens with zero attached hydrogens (tertiary/aromatic N) is 1. The van der Waals surface area contributed by atoms with Gasteiger partial charge in [0, 0.05) is 16.2 Å². The molecule has 1 heterocycles. The highest BCUT2D eigenvalue weighted by Crippen LogP contribution is 2.40. The zero-order chi connectivity index (χ0) is 20.2. The molecule has 0 amide bonds. The van der Waals surface area contributed by atoms with Crippen molar-refractivity contribution in [2.75, 3.05) is 7.11 Å². The van der Waals surface area contributed by atoms with Crippen molar-refractivity contribution in [3.63, 3.8) is 0 Å². The number of ether oxygens (including phenoxy) is 1. The molecule has 0 aromatic carbocycles. The van der Waals surface area contributed by atoms with Gasteiger partial charge in [0.2, 0.25) is 0 Å². The lowest BCUT2D eigenvalue weighted by atomic mass is 9.96. The lowest BCUT2D eigenvalue weighted by Crippen LogP contribution is -2.12. The molecule has 0 aliphatic heterocycles. The van der Waals surface area contributed by atoms with Crippen molar-refractivity contribution < 1.29 is 17.9 Å². The van der Waals surface area contributed by atoms with Crippen LogP contribution in [0.15, 0.2) is 59.3 Å². The van der Waals surface area contributed by atoms with Gasteiger partial charge in [0.05, 0.1) is 7.11 Å². The van der Waals surface area contributed by atoms with E-state index in [9.17, 15) is 13.2 Å². The van der Waals surface area contributed by atoms with E-state index < -0.39 is 11.9 Å². The SMILES string of the molecule is C=C/C(Br)=C\C=C(\C)C1=C(c2cnc(C(F)(F)F)c(C(=C)OC)c2)CCC1. The molecular weight excluding hydrogens is 419 g/mol. The quantitative estimate of drug-likeness (QED) is 0.349. The predicted octanol–water partition coefficient (Wildman–Crippen LogP) is 7.07. The third-order valence-corrected chi connectivity index (χ3v) is 5.02. The Morgan fingerprint density at radius 1 is 1.30 bits per heavy atom. The van der Waals surface area contributed by atoms with Gasteiger partial charge in [-0.3, -0.25) is 4.98 Å². The Bertz CT molecular complexity index is 847. The van der Waals surface area contributed by atoms with Gasteiger partial charge in [-0.05, 0) is 60.6 Å². The first-order valence-corrected chi connectivity index (χ1v) is 9.18. The number of rotatable bonds is 6. The smallest absolute Gasteiger partial charge is 0.434 e. The second kappa shape index (κ2) is 8.74. The van der Waals surface area contributed by atoms with Gasteiger partial charge in [0.1, 0.15) is 5.76 Å². The number of methoxy groups -OCH3 is 1. The van der Waals surface area contributed by atoms with Crippen LogP contribution in [0.5, 0.6) is 0 Å². The van der Waals surface area contributed by atoms with Crippen LogP contribution in [0.1, 0.15) is 43.0 Å². The van der Waals surface area contributed by atoms with Crippen LogP contribution in [0.2, 0.25) is 0 Å². The molecule has 1 aliphatic rings. The van der Waals surface area contributed by atoms with Crippen LogP contribution in [-0.4, -0.2) is 12.1 Å². The molecule has 1 aromatic heterocycles. The van der Waals surface area contributed by atoms with E-state index in [-0.39, 0.29) is 11.3 Å². The lowest BCUT2D eigenvalue weighted by molar-refractivity contribution is -0.141. The maximum absolute atomic E-state index is 13.3. The third kappa shape index (κ3) is 5.01. The second-order valence-electron chi connectivity index (χ2n) is 6.16. The van der Waals surface area contributed by atoms with Crippen molar-refractivity contribution in [3.8, 4) is 0 Å². The van der Waals surface area contributed by atoms with Gasteiger partial charge in [-0.1, -0.05) is 41.2 Å². The van der Waals surface area contributed by atoms with Gasteiger partial charge >= 0.3 is 6.18 Å². The summed E-state index contributed by atoms with van der Waals surface area (Å²) in [4.78, 5) is 3.69. The van der Waals surface area contributed by atoms with Gasteiger partial charge < -0.3 is 4.74 Å². The molecule has 0 atom stereocenters. The molecule has 0 unspecified atom stereocenters. The maximum atomic E-state index is 13.3. The third-order valence-electron chi connectivity index (χ3n) is 4.43. The fraction of sp³-hybridized carbons (Fsp3) is 0.286. The average Bonchev–Trinajstić information content (AvgIpc) is 3.13. The van der Waals surface area contributed by atoms with Crippen molar-refractivity contribution in [2.24, 2.45) is 0 Å². The number of hydrogen-bond acceptors (Lipinski definition) is 2. The molecule has 0 fully saturated rings. The summed E-state index contributed by atoms with van der Waals surface area (Å²) in [6, 6.07) is 1.48. The summed E-state index contributed by atoms with van der Waals surface area (Å²) >= 11 is 3.38. The molecule has 0 bridgehead atoms. The Morgan fingerprint density at radius 2 is 2.00 bits per heavy atom. The molecule has 1 aromatic rings. The average molecular weight is 440 g/mol. The summed E-state index contributed by atoms with van der Waals surface area (Å²) < 4.78 is 45.6. The normalized spacial score (nSPS) is 15.9. The topological polar surface area (TPSA) is 22.1 Å². The van der Waals surface area contributed by atoms with Crippen molar-refractivity contribution in [2.45, 2.75) is 32.4 Å². The Hall–Kier alpha value is -2.08. The summed E-state index contributed by atoms with van der Waals surface area (Å²) in [7, 11) is 1.30. The minimum Gasteiger partial charge on any atom is -0.497 e. The van der Waals surface area contributed by atoms with Gasteiger partial charge in [0.15, 0.2) is 5.69 Å². The van der Waals surface area contributed by atoms with Crippen molar-refractivity contribution in [1.29, 1.82) is 0 Å². The summed E-state index contributed by atoms with van der Waals surface area (Å²) in [5.41, 5.74) is 2.77. The van der Waals surface area contributed by atoms with Crippen molar-refractivity contribution >= 4 is 27.3 Å². The van der Waals surface area contributed by atoms with Crippen LogP contribution in [0.4, 0.5) is 13.2 Å². The zero-order valence-corrected chi connectivity index (χ0v) is 16.9. The number of hydrogen-bond donors (Lipinski definition) is 0. The highest BCUT2D eigenvalue weighted by Gasteiger charge is 2.36. The van der Waals surface area contributed by atoms with Crippen LogP contribution in [0, 0.1) is 0 Å². The van der Waals surface area contributed by atoms with E-state index in [1.54, 1.807) is 6.08 Å². The van der Waals surface area contributed by atoms with Crippen LogP contribution < -0.4 is 0 Å². The number of pyridine rings is 1. The molecule has 144 valence electrons. The zero-order valence-electron chi connectivity index (χ0n) is 15.3. The van der Waals surface area contributed by atoms with Gasteiger partial charge in [-0.2, -0.15) is 13.2 Å². The van der Waals surface area contributed by atoms with Crippen LogP contribution >= 0.6 is 15.9 Å². The first-order chi connectivity index (χ1) is 12.7. The van der Waals surface area contributed by atoms with E-state index in [2.05, 4.69) is 34.1 Å². The molecule has 27 heavy (non-hydrogen) atoms. The first-order valence-electron chi connectivity index (χ1n) is 8.38. The first kappa shape index (κ1) is 21.2. The van der Waals surface area contributed by atoms with Crippen LogP contribution in [-0.2, 0) is 10.9 Å². The van der Waals surface area contributed by atoms with Gasteiger partial charge in [-0.15, -0.1) is 0 Å². The van der Waals surface area contributed by atoms with Crippen LogP contribution in [0.25, 0.3) is 11.3 Å². The van der Waals surface area contributed by atoms with E-state index in [1.807, 2.05) is 19.1 Å². The number of aromatic nitrogens is 1. The Labute approximate surface area is 166 Å². The molecule has 0 saturated heterocycles. The Balaban J connectivity index is 2.55. The van der Waals surface area contributed by atoms with E-state index in [0.717, 1.165) is 40.5 Å². The molecule has 0 N–H and O–H groups in total. The van der Waals surface area contributed by atoms with Crippen LogP contribution in [0.3, 0.4) is 0 Å². The van der Waals surface area contributed by atoms with Gasteiger partial charge in [0.25, 0.3) is 0 Å². The molecular formula is C21H21BrF3NO. The maximum Gasteiger partial charge on any atom is 0.434 e. The van der Waals surface area contributed by atoms with E-state index in [1.165, 1.54) is 19.4 Å². The van der Waals surface area contributed by atoms with Gasteiger partial charge in [-0.25, -0.2) is 0 Å². The number of alkyl halides is 3. The second-order valence-corrected chi connectivity index (χ2v) is 7.08. The molecule has 2 nitrogen and oxygen atoms in total. The van der Waals surface area contributed by atoms with Crippen molar-refractivity contribution in [1.82, 2.24) is 4.98 Å². The minimum absolute atomic E-state index is 0.0538. The molecule has 6 heteroatoms. The molecule has 1 aliphatic carbocycles. The predicted molar refractivity (Wildman–Crippen MR) is 107 cm³/mol. The summed E-state index contributed by atoms with van der Waals surface area (Å²) in [6.45, 7) is 9.26. The van der Waals surface area contributed by atoms with E-state index >= 15 is 0 Å². The lowest BCUT2D eigenvalue weighted by Gasteiger charge is -2.16. The Morgan fingerprint density at radius 3 is 2.59 bits per heavy atom. The molecule has 2 rings (SSSR count). The highest BCUT2D eigenvalue weighted by atomic mass is 79.9. The standard InChI is InChI=1S/C21H21BrF3NO/c1-5-16(22)10-9-13(2)17-7-6-8-18(17)15-11-19(14(3)27-4)20(26-12-15)21(23,24)25/h5,9-12H,1,3,6-8H2,2,4H3/b13-9-,16-10+. The molecule has 0 saturated carbocycles. The highest BCUT2D eigenvalue weighted by molar-refractivity contribution is 9.11. The van der Waals surface area contributed by atoms with E-state index in [0.29, 0.717) is 5.56 Å². The monoisotopic (exact) mass is 439 g/mol. The summed E-state index contributed by atoms with van der Waals surface area (Å²) in [5, 5.41) is 0. The fourth-order valence-corrected chi connectivity index (χ4v) is 3.18. The summed E-state index contributed by atoms with van der Waals surface area (Å²) in [5.74, 6) is -0.0538. The fourth-order valence-electron chi connectivity index (χ4n) is 3.05. The molecule has 0 radical (unpaired) electrons. The number of halogens is 4. The minimum atomic E-state index is -4.57. The number of allylic oxidation sites excluding steroid dienone is 7. The summed E-state index contributed by atoms with van der Waals surface area (Å²) in [6.07, 6.45) is 4.89. The largest absolute Gasteiger partial charge is 0.497 e.